The highest BCUT2D eigenvalue weighted by atomic mass is 16.7. The van der Waals surface area contributed by atoms with Crippen LogP contribution in [0.1, 0.15) is 107 Å². The molecular weight excluding hydrogens is 452 g/mol. The van der Waals surface area contributed by atoms with E-state index >= 15 is 0 Å². The summed E-state index contributed by atoms with van der Waals surface area (Å²) < 4.78 is 23.2. The highest BCUT2D eigenvalue weighted by molar-refractivity contribution is 5.91. The summed E-state index contributed by atoms with van der Waals surface area (Å²) in [6.07, 6.45) is 13.3. The smallest absolute Gasteiger partial charge is 0.343 e. The number of rotatable bonds is 16. The lowest BCUT2D eigenvalue weighted by Gasteiger charge is -2.29. The second-order valence-corrected chi connectivity index (χ2v) is 9.81. The van der Waals surface area contributed by atoms with E-state index in [-0.39, 0.29) is 12.3 Å². The summed E-state index contributed by atoms with van der Waals surface area (Å²) in [6, 6.07) is 14.5. The zero-order chi connectivity index (χ0) is 25.4. The number of hydrogen-bond acceptors (Lipinski definition) is 5. The first kappa shape index (κ1) is 28.2. The van der Waals surface area contributed by atoms with Gasteiger partial charge in [-0.3, -0.25) is 0 Å². The number of benzene rings is 2. The predicted molar refractivity (Wildman–Crippen MR) is 144 cm³/mol. The van der Waals surface area contributed by atoms with Crippen LogP contribution >= 0.6 is 0 Å². The van der Waals surface area contributed by atoms with Crippen molar-refractivity contribution in [2.75, 3.05) is 19.8 Å². The van der Waals surface area contributed by atoms with Crippen LogP contribution in [0.2, 0.25) is 0 Å². The Hall–Kier alpha value is -2.37. The maximum absolute atomic E-state index is 12.5. The van der Waals surface area contributed by atoms with Gasteiger partial charge in [-0.2, -0.15) is 0 Å². The third-order valence-corrected chi connectivity index (χ3v) is 6.65. The highest BCUT2D eigenvalue weighted by Crippen LogP contribution is 2.29. The molecule has 1 saturated heterocycles. The molecule has 0 saturated carbocycles. The van der Waals surface area contributed by atoms with Crippen molar-refractivity contribution < 1.29 is 23.7 Å². The second kappa shape index (κ2) is 16.4. The number of esters is 1. The van der Waals surface area contributed by atoms with Gasteiger partial charge in [0.05, 0.1) is 25.4 Å². The van der Waals surface area contributed by atoms with Crippen molar-refractivity contribution in [3.05, 3.63) is 59.7 Å². The van der Waals surface area contributed by atoms with Crippen molar-refractivity contribution in [2.45, 2.75) is 90.8 Å². The maximum atomic E-state index is 12.5. The zero-order valence-corrected chi connectivity index (χ0v) is 22.2. The molecule has 1 aliphatic heterocycles. The Bertz CT molecular complexity index is 854. The third kappa shape index (κ3) is 9.94. The number of ether oxygens (including phenoxy) is 4. The molecule has 1 heterocycles. The van der Waals surface area contributed by atoms with Crippen molar-refractivity contribution in [1.29, 1.82) is 0 Å². The van der Waals surface area contributed by atoms with Gasteiger partial charge in [-0.05, 0) is 49.2 Å². The topological polar surface area (TPSA) is 54.0 Å². The first-order valence-corrected chi connectivity index (χ1v) is 14.0. The van der Waals surface area contributed by atoms with Gasteiger partial charge in [0.2, 0.25) is 0 Å². The van der Waals surface area contributed by atoms with Crippen LogP contribution in [0.4, 0.5) is 0 Å². The van der Waals surface area contributed by atoms with Crippen LogP contribution in [0.5, 0.6) is 11.5 Å². The van der Waals surface area contributed by atoms with Crippen molar-refractivity contribution in [2.24, 2.45) is 5.92 Å². The Labute approximate surface area is 217 Å². The van der Waals surface area contributed by atoms with Gasteiger partial charge in [0.25, 0.3) is 0 Å². The van der Waals surface area contributed by atoms with Crippen LogP contribution in [0.3, 0.4) is 0 Å². The van der Waals surface area contributed by atoms with E-state index in [2.05, 4.69) is 13.8 Å². The van der Waals surface area contributed by atoms with Crippen LogP contribution in [0, 0.1) is 5.92 Å². The average molecular weight is 497 g/mol. The second-order valence-electron chi connectivity index (χ2n) is 9.81. The molecule has 2 aromatic carbocycles. The molecule has 2 aromatic rings. The fourth-order valence-electron chi connectivity index (χ4n) is 4.38. The number of unbranched alkanes of at least 4 members (excludes halogenated alkanes) is 8. The number of hydrogen-bond donors (Lipinski definition) is 0. The summed E-state index contributed by atoms with van der Waals surface area (Å²) in [5.41, 5.74) is 1.43. The SMILES string of the molecule is CCCCCCCCC1COC(c2ccc(OC(=O)c3ccc(OCCCCCC)cc3)cc2)OC1. The molecule has 5 heteroatoms. The first-order chi connectivity index (χ1) is 17.7. The summed E-state index contributed by atoms with van der Waals surface area (Å²) in [5.74, 6) is 1.36. The molecule has 0 radical (unpaired) electrons. The monoisotopic (exact) mass is 496 g/mol. The lowest BCUT2D eigenvalue weighted by atomic mass is 10.0. The average Bonchev–Trinajstić information content (AvgIpc) is 2.92. The van der Waals surface area contributed by atoms with E-state index in [1.54, 1.807) is 24.3 Å². The van der Waals surface area contributed by atoms with E-state index < -0.39 is 0 Å². The van der Waals surface area contributed by atoms with Crippen LogP contribution in [0.25, 0.3) is 0 Å². The molecular formula is C31H44O5. The van der Waals surface area contributed by atoms with Gasteiger partial charge in [0.15, 0.2) is 6.29 Å². The van der Waals surface area contributed by atoms with Crippen LogP contribution in [0.15, 0.2) is 48.5 Å². The number of carbonyl (C=O) groups is 1. The lowest BCUT2D eigenvalue weighted by Crippen LogP contribution is -2.27. The summed E-state index contributed by atoms with van der Waals surface area (Å²) in [5, 5.41) is 0. The van der Waals surface area contributed by atoms with Gasteiger partial charge < -0.3 is 18.9 Å². The Kier molecular flexibility index (Phi) is 12.8. The van der Waals surface area contributed by atoms with Crippen LogP contribution in [-0.2, 0) is 9.47 Å². The van der Waals surface area contributed by atoms with Crippen molar-refractivity contribution in [1.82, 2.24) is 0 Å². The molecule has 1 aliphatic rings. The molecule has 36 heavy (non-hydrogen) atoms. The van der Waals surface area contributed by atoms with Gasteiger partial charge >= 0.3 is 5.97 Å². The molecule has 1 fully saturated rings. The molecule has 0 aromatic heterocycles. The van der Waals surface area contributed by atoms with Crippen LogP contribution in [-0.4, -0.2) is 25.8 Å². The Morgan fingerprint density at radius 1 is 0.750 bits per heavy atom. The maximum Gasteiger partial charge on any atom is 0.343 e. The van der Waals surface area contributed by atoms with Crippen molar-refractivity contribution in [3.63, 3.8) is 0 Å². The van der Waals surface area contributed by atoms with Gasteiger partial charge in [-0.1, -0.05) is 83.8 Å². The molecule has 0 bridgehead atoms. The normalized spacial score (nSPS) is 17.6. The van der Waals surface area contributed by atoms with E-state index in [0.717, 1.165) is 30.9 Å². The summed E-state index contributed by atoms with van der Waals surface area (Å²) in [4.78, 5) is 12.5. The van der Waals surface area contributed by atoms with E-state index in [1.165, 1.54) is 64.2 Å². The molecule has 0 spiro atoms. The third-order valence-electron chi connectivity index (χ3n) is 6.65. The van der Waals surface area contributed by atoms with E-state index in [4.69, 9.17) is 18.9 Å². The molecule has 198 valence electrons. The largest absolute Gasteiger partial charge is 0.494 e. The van der Waals surface area contributed by atoms with E-state index in [9.17, 15) is 4.79 Å². The lowest BCUT2D eigenvalue weighted by molar-refractivity contribution is -0.206. The molecule has 0 N–H and O–H groups in total. The Balaban J connectivity index is 1.37. The van der Waals surface area contributed by atoms with Gasteiger partial charge in [-0.15, -0.1) is 0 Å². The molecule has 0 amide bonds. The Morgan fingerprint density at radius 3 is 2.00 bits per heavy atom. The van der Waals surface area contributed by atoms with Crippen molar-refractivity contribution >= 4 is 5.97 Å². The van der Waals surface area contributed by atoms with Crippen LogP contribution < -0.4 is 9.47 Å². The quantitative estimate of drug-likeness (QED) is 0.133. The molecule has 0 unspecified atom stereocenters. The van der Waals surface area contributed by atoms with E-state index in [1.807, 2.05) is 24.3 Å². The molecule has 0 atom stereocenters. The standard InChI is InChI=1S/C31H44O5/c1-3-5-7-9-10-11-13-25-23-34-31(35-24-25)27-16-20-29(21-17-27)36-30(32)26-14-18-28(19-15-26)33-22-12-8-6-4-2/h14-21,25,31H,3-13,22-24H2,1-2H3. The van der Waals surface area contributed by atoms with Crippen molar-refractivity contribution in [3.8, 4) is 11.5 Å². The highest BCUT2D eigenvalue weighted by Gasteiger charge is 2.23. The minimum absolute atomic E-state index is 0.356. The molecule has 3 rings (SSSR count). The van der Waals surface area contributed by atoms with Gasteiger partial charge in [-0.25, -0.2) is 4.79 Å². The first-order valence-electron chi connectivity index (χ1n) is 14.0. The Morgan fingerprint density at radius 2 is 1.33 bits per heavy atom. The minimum Gasteiger partial charge on any atom is -0.494 e. The predicted octanol–water partition coefficient (Wildman–Crippen LogP) is 8.28. The van der Waals surface area contributed by atoms with Gasteiger partial charge in [0.1, 0.15) is 11.5 Å². The summed E-state index contributed by atoms with van der Waals surface area (Å²) in [6.45, 7) is 6.60. The summed E-state index contributed by atoms with van der Waals surface area (Å²) in [7, 11) is 0. The van der Waals surface area contributed by atoms with E-state index in [0.29, 0.717) is 23.8 Å². The van der Waals surface area contributed by atoms with Gasteiger partial charge in [0, 0.05) is 11.5 Å². The minimum atomic E-state index is -0.389. The number of carbonyl (C=O) groups excluding carboxylic acids is 1. The molecule has 0 aliphatic carbocycles. The fourth-order valence-corrected chi connectivity index (χ4v) is 4.38. The summed E-state index contributed by atoms with van der Waals surface area (Å²) >= 11 is 0. The fraction of sp³-hybridized carbons (Fsp3) is 0.581. The zero-order valence-electron chi connectivity index (χ0n) is 22.2. The molecule has 5 nitrogen and oxygen atoms in total.